The van der Waals surface area contributed by atoms with E-state index in [0.717, 1.165) is 24.9 Å². The van der Waals surface area contributed by atoms with Crippen LogP contribution in [0, 0.1) is 11.8 Å². The van der Waals surface area contributed by atoms with Crippen molar-refractivity contribution in [2.45, 2.75) is 71.9 Å². The molecule has 0 aliphatic rings. The van der Waals surface area contributed by atoms with Gasteiger partial charge in [0, 0.05) is 12.6 Å². The number of hydrogen-bond donors (Lipinski definition) is 3. The fourth-order valence-corrected chi connectivity index (χ4v) is 3.30. The maximum Gasteiger partial charge on any atom is 0.323 e. The molecular formula is C23H40N2O3. The largest absolute Gasteiger partial charge is 0.508 e. The highest BCUT2D eigenvalue weighted by Crippen LogP contribution is 2.13. The van der Waals surface area contributed by atoms with Crippen LogP contribution in [0.25, 0.3) is 0 Å². The number of phenolic OH excluding ortho intramolecular Hbond substituents is 1. The minimum absolute atomic E-state index is 0.199. The van der Waals surface area contributed by atoms with Crippen LogP contribution in [-0.2, 0) is 16.0 Å². The van der Waals surface area contributed by atoms with E-state index in [2.05, 4.69) is 38.3 Å². The molecule has 5 heteroatoms. The van der Waals surface area contributed by atoms with Gasteiger partial charge in [0.2, 0.25) is 0 Å². The van der Waals surface area contributed by atoms with E-state index in [-0.39, 0.29) is 29.7 Å². The summed E-state index contributed by atoms with van der Waals surface area (Å²) in [6.07, 6.45) is 5.44. The van der Waals surface area contributed by atoms with Gasteiger partial charge in [-0.25, -0.2) is 0 Å². The minimum atomic E-state index is -0.295. The zero-order valence-electron chi connectivity index (χ0n) is 18.3. The third-order valence-electron chi connectivity index (χ3n) is 5.48. The normalized spacial score (nSPS) is 15.6. The molecule has 0 aliphatic carbocycles. The Morgan fingerprint density at radius 1 is 1.11 bits per heavy atom. The first-order valence-corrected chi connectivity index (χ1v) is 10.7. The molecule has 1 unspecified atom stereocenters. The number of benzene rings is 1. The molecule has 0 spiro atoms. The summed E-state index contributed by atoms with van der Waals surface area (Å²) in [7, 11) is 1.45. The van der Waals surface area contributed by atoms with E-state index in [4.69, 9.17) is 4.74 Å². The predicted molar refractivity (Wildman–Crippen MR) is 116 cm³/mol. The molecule has 0 saturated heterocycles. The summed E-state index contributed by atoms with van der Waals surface area (Å²) in [5.41, 5.74) is 1.16. The summed E-state index contributed by atoms with van der Waals surface area (Å²) in [6, 6.07) is 7.26. The second-order valence-corrected chi connectivity index (χ2v) is 8.02. The fourth-order valence-electron chi connectivity index (χ4n) is 3.30. The predicted octanol–water partition coefficient (Wildman–Crippen LogP) is 3.90. The molecule has 0 aromatic heterocycles. The van der Waals surface area contributed by atoms with Gasteiger partial charge in [0.25, 0.3) is 0 Å². The van der Waals surface area contributed by atoms with Crippen molar-refractivity contribution >= 4 is 5.97 Å². The topological polar surface area (TPSA) is 70.6 Å². The van der Waals surface area contributed by atoms with E-state index in [9.17, 15) is 9.90 Å². The lowest BCUT2D eigenvalue weighted by molar-refractivity contribution is -0.144. The number of hydrogen-bond acceptors (Lipinski definition) is 5. The van der Waals surface area contributed by atoms with E-state index in [0.29, 0.717) is 12.5 Å². The average Bonchev–Trinajstić information content (AvgIpc) is 2.71. The van der Waals surface area contributed by atoms with E-state index in [1.54, 1.807) is 12.1 Å². The van der Waals surface area contributed by atoms with Crippen molar-refractivity contribution in [2.75, 3.05) is 20.2 Å². The van der Waals surface area contributed by atoms with Crippen LogP contribution in [0.15, 0.2) is 24.3 Å². The number of nitrogens with one attached hydrogen (secondary N) is 2. The Bertz CT molecular complexity index is 547. The molecule has 5 nitrogen and oxygen atoms in total. The van der Waals surface area contributed by atoms with Crippen molar-refractivity contribution in [1.29, 1.82) is 0 Å². The molecule has 3 N–H and O–H groups in total. The maximum atomic E-state index is 12.2. The molecule has 0 saturated carbocycles. The van der Waals surface area contributed by atoms with Crippen LogP contribution >= 0.6 is 0 Å². The number of esters is 1. The lowest BCUT2D eigenvalue weighted by atomic mass is 9.98. The second kappa shape index (κ2) is 13.6. The summed E-state index contributed by atoms with van der Waals surface area (Å²) in [5, 5.41) is 16.6. The molecule has 1 aromatic rings. The summed E-state index contributed by atoms with van der Waals surface area (Å²) in [6.45, 7) is 10.3. The Balaban J connectivity index is 2.74. The molecule has 0 aliphatic heterocycles. The van der Waals surface area contributed by atoms with Crippen LogP contribution in [0.4, 0.5) is 0 Å². The van der Waals surface area contributed by atoms with Crippen molar-refractivity contribution in [3.05, 3.63) is 29.8 Å². The number of methoxy groups -OCH3 is 1. The van der Waals surface area contributed by atoms with Crippen LogP contribution < -0.4 is 10.6 Å². The quantitative estimate of drug-likeness (QED) is 0.419. The fraction of sp³-hybridized carbons (Fsp3) is 0.696. The van der Waals surface area contributed by atoms with Gasteiger partial charge >= 0.3 is 5.97 Å². The first-order chi connectivity index (χ1) is 13.4. The minimum Gasteiger partial charge on any atom is -0.508 e. The van der Waals surface area contributed by atoms with Gasteiger partial charge < -0.3 is 20.5 Å². The molecule has 0 radical (unpaired) electrons. The number of ether oxygens (including phenoxy) is 1. The molecule has 0 fully saturated rings. The lowest BCUT2D eigenvalue weighted by Gasteiger charge is -2.27. The van der Waals surface area contributed by atoms with Crippen LogP contribution in [0.3, 0.4) is 0 Å². The van der Waals surface area contributed by atoms with E-state index in [1.807, 2.05) is 12.1 Å². The summed E-state index contributed by atoms with van der Waals surface area (Å²) in [4.78, 5) is 12.2. The van der Waals surface area contributed by atoms with Gasteiger partial charge in [-0.05, 0) is 48.9 Å². The standard InChI is InChI=1S/C23H40N2O3/c1-6-8-9-17(3)15-24-20(14-19-10-12-21(26)13-11-19)16-25-22(18(4)7-2)23(27)28-5/h10-13,17-18,20,22,24-26H,6-9,14-16H2,1-5H3/t17-,18?,20-,22-/m0/s1. The van der Waals surface area contributed by atoms with Gasteiger partial charge in [-0.3, -0.25) is 4.79 Å². The van der Waals surface area contributed by atoms with E-state index >= 15 is 0 Å². The number of phenols is 1. The van der Waals surface area contributed by atoms with Crippen molar-refractivity contribution in [2.24, 2.45) is 11.8 Å². The molecule has 4 atom stereocenters. The number of aromatic hydroxyl groups is 1. The molecule has 1 aromatic carbocycles. The van der Waals surface area contributed by atoms with Crippen molar-refractivity contribution < 1.29 is 14.6 Å². The van der Waals surface area contributed by atoms with E-state index < -0.39 is 0 Å². The lowest BCUT2D eigenvalue weighted by Crippen LogP contribution is -2.49. The maximum absolute atomic E-state index is 12.2. The molecule has 0 amide bonds. The molecular weight excluding hydrogens is 352 g/mol. The Kier molecular flexibility index (Phi) is 11.8. The van der Waals surface area contributed by atoms with Gasteiger partial charge in [0.1, 0.15) is 11.8 Å². The Morgan fingerprint density at radius 3 is 2.36 bits per heavy atom. The first kappa shape index (κ1) is 24.4. The third kappa shape index (κ3) is 9.07. The van der Waals surface area contributed by atoms with Gasteiger partial charge in [-0.1, -0.05) is 59.1 Å². The highest BCUT2D eigenvalue weighted by atomic mass is 16.5. The molecule has 0 heterocycles. The van der Waals surface area contributed by atoms with Gasteiger partial charge in [0.05, 0.1) is 7.11 Å². The smallest absolute Gasteiger partial charge is 0.323 e. The highest BCUT2D eigenvalue weighted by molar-refractivity contribution is 5.75. The van der Waals surface area contributed by atoms with Crippen molar-refractivity contribution in [3.63, 3.8) is 0 Å². The van der Waals surface area contributed by atoms with Crippen molar-refractivity contribution in [3.8, 4) is 5.75 Å². The average molecular weight is 393 g/mol. The van der Waals surface area contributed by atoms with Crippen LogP contribution in [-0.4, -0.2) is 43.4 Å². The van der Waals surface area contributed by atoms with Gasteiger partial charge in [0.15, 0.2) is 0 Å². The molecule has 160 valence electrons. The third-order valence-corrected chi connectivity index (χ3v) is 5.48. The SMILES string of the molecule is CCCC[C@H](C)CN[C@H](CN[C@H](C(=O)OC)C(C)CC)Cc1ccc(O)cc1. The van der Waals surface area contributed by atoms with Crippen LogP contribution in [0.2, 0.25) is 0 Å². The summed E-state index contributed by atoms with van der Waals surface area (Å²) >= 11 is 0. The van der Waals surface area contributed by atoms with Crippen molar-refractivity contribution in [1.82, 2.24) is 10.6 Å². The zero-order chi connectivity index (χ0) is 20.9. The zero-order valence-corrected chi connectivity index (χ0v) is 18.3. The van der Waals surface area contributed by atoms with Gasteiger partial charge in [-0.2, -0.15) is 0 Å². The Morgan fingerprint density at radius 2 is 1.79 bits per heavy atom. The van der Waals surface area contributed by atoms with Crippen LogP contribution in [0.5, 0.6) is 5.75 Å². The summed E-state index contributed by atoms with van der Waals surface area (Å²) in [5.74, 6) is 0.912. The highest BCUT2D eigenvalue weighted by Gasteiger charge is 2.25. The van der Waals surface area contributed by atoms with Crippen LogP contribution in [0.1, 0.15) is 58.9 Å². The second-order valence-electron chi connectivity index (χ2n) is 8.02. The van der Waals surface area contributed by atoms with Gasteiger partial charge in [-0.15, -0.1) is 0 Å². The number of carbonyl (C=O) groups excluding carboxylic acids is 1. The first-order valence-electron chi connectivity index (χ1n) is 10.7. The molecule has 28 heavy (non-hydrogen) atoms. The Labute approximate surface area is 171 Å². The molecule has 0 bridgehead atoms. The monoisotopic (exact) mass is 392 g/mol. The molecule has 1 rings (SSSR count). The number of carbonyl (C=O) groups is 1. The van der Waals surface area contributed by atoms with E-state index in [1.165, 1.54) is 26.4 Å². The Hall–Kier alpha value is -1.59. The number of rotatable bonds is 14. The summed E-state index contributed by atoms with van der Waals surface area (Å²) < 4.78 is 4.99. The number of unbranched alkanes of at least 4 members (excludes halogenated alkanes) is 1.